The summed E-state index contributed by atoms with van der Waals surface area (Å²) in [4.78, 5) is 0. The molecule has 1 N–H and O–H groups in total. The van der Waals surface area contributed by atoms with Crippen molar-refractivity contribution in [3.8, 4) is 0 Å². The molecule has 0 aliphatic heterocycles. The summed E-state index contributed by atoms with van der Waals surface area (Å²) in [5.41, 5.74) is 1.09. The van der Waals surface area contributed by atoms with Crippen molar-refractivity contribution in [1.82, 2.24) is 9.59 Å². The van der Waals surface area contributed by atoms with Crippen LogP contribution in [0.3, 0.4) is 0 Å². The molecule has 0 amide bonds. The molecule has 0 radical (unpaired) electrons. The molecule has 80 valence electrons. The molecule has 1 aromatic heterocycles. The molecule has 5 heteroatoms. The van der Waals surface area contributed by atoms with E-state index in [1.165, 1.54) is 23.7 Å². The summed E-state index contributed by atoms with van der Waals surface area (Å²) in [7, 11) is 1.91. The first-order valence-electron chi connectivity index (χ1n) is 4.80. The Hall–Kier alpha value is -0.290. The highest BCUT2D eigenvalue weighted by Gasteiger charge is 2.05. The van der Waals surface area contributed by atoms with E-state index in [1.807, 2.05) is 18.8 Å². The van der Waals surface area contributed by atoms with Gasteiger partial charge >= 0.3 is 0 Å². The van der Waals surface area contributed by atoms with Gasteiger partial charge in [0, 0.05) is 24.3 Å². The van der Waals surface area contributed by atoms with Crippen molar-refractivity contribution < 1.29 is 0 Å². The van der Waals surface area contributed by atoms with E-state index in [0.29, 0.717) is 0 Å². The molecule has 0 unspecified atom stereocenters. The molecule has 0 aliphatic rings. The molecule has 0 atom stereocenters. The second-order valence-corrected chi connectivity index (χ2v) is 5.39. The van der Waals surface area contributed by atoms with Gasteiger partial charge in [-0.1, -0.05) is 18.3 Å². The maximum atomic E-state index is 4.09. The smallest absolute Gasteiger partial charge is 0.133 e. The molecule has 0 spiro atoms. The van der Waals surface area contributed by atoms with E-state index in [1.54, 1.807) is 0 Å². The van der Waals surface area contributed by atoms with E-state index >= 15 is 0 Å². The van der Waals surface area contributed by atoms with Gasteiger partial charge in [0.05, 0.1) is 0 Å². The maximum absolute atomic E-state index is 4.09. The van der Waals surface area contributed by atoms with Crippen LogP contribution in [0.2, 0.25) is 0 Å². The molecule has 0 bridgehead atoms. The van der Waals surface area contributed by atoms with Crippen molar-refractivity contribution in [2.45, 2.75) is 26.0 Å². The Labute approximate surface area is 93.8 Å². The quantitative estimate of drug-likeness (QED) is 0.764. The average molecular weight is 231 g/mol. The zero-order valence-electron chi connectivity index (χ0n) is 8.91. The number of thioether (sulfide) groups is 1. The van der Waals surface area contributed by atoms with Crippen molar-refractivity contribution >= 4 is 28.3 Å². The van der Waals surface area contributed by atoms with Crippen LogP contribution in [0, 0.1) is 5.92 Å². The molecule has 0 aliphatic carbocycles. The van der Waals surface area contributed by atoms with Gasteiger partial charge in [-0.3, -0.25) is 0 Å². The predicted octanol–water partition coefficient (Wildman–Crippen LogP) is 2.86. The van der Waals surface area contributed by atoms with Crippen molar-refractivity contribution in [3.05, 3.63) is 5.69 Å². The fourth-order valence-corrected chi connectivity index (χ4v) is 2.78. The number of rotatable bonds is 6. The maximum Gasteiger partial charge on any atom is 0.133 e. The minimum absolute atomic E-state index is 0.792. The molecule has 3 nitrogen and oxygen atoms in total. The van der Waals surface area contributed by atoms with Crippen LogP contribution in [0.1, 0.15) is 26.0 Å². The molecule has 0 aromatic carbocycles. The first-order chi connectivity index (χ1) is 6.74. The standard InChI is InChI=1S/C9H17N3S2/c1-7(2)4-5-13-6-8-9(10-3)14-12-11-8/h7,10H,4-6H2,1-3H3. The molecule has 1 rings (SSSR count). The Morgan fingerprint density at radius 1 is 1.50 bits per heavy atom. The third kappa shape index (κ3) is 3.84. The lowest BCUT2D eigenvalue weighted by molar-refractivity contribution is 0.632. The van der Waals surface area contributed by atoms with Crippen LogP contribution >= 0.6 is 23.3 Å². The van der Waals surface area contributed by atoms with Crippen LogP contribution in [0.4, 0.5) is 5.00 Å². The van der Waals surface area contributed by atoms with E-state index < -0.39 is 0 Å². The number of nitrogens with one attached hydrogen (secondary N) is 1. The van der Waals surface area contributed by atoms with Gasteiger partial charge in [-0.2, -0.15) is 11.8 Å². The zero-order chi connectivity index (χ0) is 10.4. The van der Waals surface area contributed by atoms with Crippen LogP contribution < -0.4 is 5.32 Å². The third-order valence-corrected chi connectivity index (χ3v) is 3.65. The zero-order valence-corrected chi connectivity index (χ0v) is 10.5. The SMILES string of the molecule is CNc1snnc1CSCCC(C)C. The van der Waals surface area contributed by atoms with Crippen molar-refractivity contribution in [2.24, 2.45) is 5.92 Å². The number of nitrogens with zero attached hydrogens (tertiary/aromatic N) is 2. The Morgan fingerprint density at radius 2 is 2.29 bits per heavy atom. The second-order valence-electron chi connectivity index (χ2n) is 3.53. The summed E-state index contributed by atoms with van der Waals surface area (Å²) < 4.78 is 3.92. The lowest BCUT2D eigenvalue weighted by Crippen LogP contribution is -1.93. The number of aromatic nitrogens is 2. The average Bonchev–Trinajstić information content (AvgIpc) is 2.59. The molecule has 1 aromatic rings. The summed E-state index contributed by atoms with van der Waals surface area (Å²) in [5.74, 6) is 2.97. The second kappa shape index (κ2) is 6.24. The summed E-state index contributed by atoms with van der Waals surface area (Å²) in [6.07, 6.45) is 1.27. The van der Waals surface area contributed by atoms with Gasteiger partial charge in [-0.25, -0.2) is 0 Å². The Balaban J connectivity index is 2.24. The highest BCUT2D eigenvalue weighted by atomic mass is 32.2. The van der Waals surface area contributed by atoms with Crippen molar-refractivity contribution in [2.75, 3.05) is 18.1 Å². The third-order valence-electron chi connectivity index (χ3n) is 1.86. The topological polar surface area (TPSA) is 37.8 Å². The minimum atomic E-state index is 0.792. The predicted molar refractivity (Wildman–Crippen MR) is 65.1 cm³/mol. The summed E-state index contributed by atoms with van der Waals surface area (Å²) >= 11 is 3.36. The molecule has 14 heavy (non-hydrogen) atoms. The molecule has 0 fully saturated rings. The van der Waals surface area contributed by atoms with Crippen LogP contribution in [0.25, 0.3) is 0 Å². The fourth-order valence-electron chi connectivity index (χ4n) is 0.981. The molecule has 1 heterocycles. The summed E-state index contributed by atoms with van der Waals surface area (Å²) in [5, 5.41) is 8.29. The van der Waals surface area contributed by atoms with Crippen LogP contribution in [-0.2, 0) is 5.75 Å². The fraction of sp³-hybridized carbons (Fsp3) is 0.778. The first-order valence-corrected chi connectivity index (χ1v) is 6.73. The van der Waals surface area contributed by atoms with Crippen LogP contribution in [-0.4, -0.2) is 22.4 Å². The van der Waals surface area contributed by atoms with Crippen LogP contribution in [0.15, 0.2) is 0 Å². The van der Waals surface area contributed by atoms with E-state index in [4.69, 9.17) is 0 Å². The van der Waals surface area contributed by atoms with Crippen molar-refractivity contribution in [3.63, 3.8) is 0 Å². The van der Waals surface area contributed by atoms with Gasteiger partial charge < -0.3 is 5.32 Å². The first kappa shape index (κ1) is 11.8. The largest absolute Gasteiger partial charge is 0.377 e. The summed E-state index contributed by atoms with van der Waals surface area (Å²) in [6, 6.07) is 0. The van der Waals surface area contributed by atoms with Gasteiger partial charge in [-0.15, -0.1) is 5.10 Å². The van der Waals surface area contributed by atoms with E-state index in [2.05, 4.69) is 28.8 Å². The lowest BCUT2D eigenvalue weighted by Gasteiger charge is -2.03. The lowest BCUT2D eigenvalue weighted by atomic mass is 10.2. The highest BCUT2D eigenvalue weighted by Crippen LogP contribution is 2.22. The molecule has 0 saturated heterocycles. The number of hydrogen-bond acceptors (Lipinski definition) is 5. The van der Waals surface area contributed by atoms with Crippen molar-refractivity contribution in [1.29, 1.82) is 0 Å². The monoisotopic (exact) mass is 231 g/mol. The molecular formula is C9H17N3S2. The molecule has 0 saturated carbocycles. The Morgan fingerprint density at radius 3 is 2.93 bits per heavy atom. The van der Waals surface area contributed by atoms with Gasteiger partial charge in [-0.05, 0) is 18.1 Å². The minimum Gasteiger partial charge on any atom is -0.377 e. The van der Waals surface area contributed by atoms with E-state index in [0.717, 1.165) is 22.4 Å². The Kier molecular flexibility index (Phi) is 5.25. The van der Waals surface area contributed by atoms with Gasteiger partial charge in [0.2, 0.25) is 0 Å². The number of hydrogen-bond donors (Lipinski definition) is 1. The van der Waals surface area contributed by atoms with Gasteiger partial charge in [0.25, 0.3) is 0 Å². The van der Waals surface area contributed by atoms with E-state index in [9.17, 15) is 0 Å². The van der Waals surface area contributed by atoms with Gasteiger partial charge in [0.15, 0.2) is 0 Å². The normalized spacial score (nSPS) is 10.9. The molecular weight excluding hydrogens is 214 g/mol. The van der Waals surface area contributed by atoms with Gasteiger partial charge in [0.1, 0.15) is 10.7 Å². The highest BCUT2D eigenvalue weighted by molar-refractivity contribution is 7.98. The van der Waals surface area contributed by atoms with Crippen LogP contribution in [0.5, 0.6) is 0 Å². The Bertz CT molecular complexity index is 260. The summed E-state index contributed by atoms with van der Waals surface area (Å²) in [6.45, 7) is 4.51. The van der Waals surface area contributed by atoms with E-state index in [-0.39, 0.29) is 0 Å². The number of anilines is 1.